The van der Waals surface area contributed by atoms with Gasteiger partial charge in [-0.05, 0) is 71.9 Å². The van der Waals surface area contributed by atoms with E-state index in [9.17, 15) is 24.9 Å². The standard InChI is InChI=1S/C50H56O10Si/c1-32-38(52)27-50(56)45(58-46(55)37-24-16-9-17-25-37)43-48(5,44(54)42(53)41(32)47(50,3)4)39(26-40-49(43,31-57-40)59-33(2)51)60-61(28-34-18-10-6-11-19-34,29-35-20-12-7-13-21-35)30-36-22-14-8-15-23-36/h6-25,38-40,42-43,45,52-53,56H,26-31H2,1-5H3/t38-,39-,40+,42+,43?,45?,48+,49-,50+/m0/s1. The summed E-state index contributed by atoms with van der Waals surface area (Å²) in [5, 5.41) is 37.8. The first-order valence-electron chi connectivity index (χ1n) is 21.3. The van der Waals surface area contributed by atoms with Crippen LogP contribution in [0, 0.1) is 16.7 Å². The van der Waals surface area contributed by atoms with Crippen LogP contribution in [0.4, 0.5) is 0 Å². The molecule has 2 bridgehead atoms. The molecule has 1 heterocycles. The summed E-state index contributed by atoms with van der Waals surface area (Å²) in [6.07, 6.45) is -6.71. The first kappa shape index (κ1) is 42.9. The summed E-state index contributed by atoms with van der Waals surface area (Å²) >= 11 is 0. The number of benzene rings is 4. The maximum atomic E-state index is 15.9. The number of aliphatic hydroxyl groups excluding tert-OH is 2. The van der Waals surface area contributed by atoms with Gasteiger partial charge in [-0.1, -0.05) is 123 Å². The Morgan fingerprint density at radius 2 is 1.28 bits per heavy atom. The molecule has 4 aromatic carbocycles. The predicted molar refractivity (Wildman–Crippen MR) is 230 cm³/mol. The van der Waals surface area contributed by atoms with E-state index in [1.54, 1.807) is 58.0 Å². The Kier molecular flexibility index (Phi) is 11.4. The van der Waals surface area contributed by atoms with Crippen LogP contribution in [0.25, 0.3) is 0 Å². The molecule has 3 fully saturated rings. The normalized spacial score (nSPS) is 31.7. The van der Waals surface area contributed by atoms with Crippen molar-refractivity contribution < 1.29 is 48.3 Å². The fourth-order valence-electron chi connectivity index (χ4n) is 11.3. The Labute approximate surface area is 358 Å². The third-order valence-electron chi connectivity index (χ3n) is 14.4. The second-order valence-electron chi connectivity index (χ2n) is 18.4. The third-order valence-corrected chi connectivity index (χ3v) is 18.4. The zero-order chi connectivity index (χ0) is 43.4. The number of hydrogen-bond acceptors (Lipinski definition) is 10. The summed E-state index contributed by atoms with van der Waals surface area (Å²) in [6, 6.07) is 40.4. The maximum Gasteiger partial charge on any atom is 0.338 e. The molecule has 3 N–H and O–H groups in total. The van der Waals surface area contributed by atoms with Crippen molar-refractivity contribution in [3.63, 3.8) is 0 Å². The van der Waals surface area contributed by atoms with Gasteiger partial charge in [-0.3, -0.25) is 9.59 Å². The summed E-state index contributed by atoms with van der Waals surface area (Å²) in [5.41, 5.74) is -3.01. The van der Waals surface area contributed by atoms with E-state index in [0.29, 0.717) is 23.7 Å². The SMILES string of the molecule is CC(=O)O[C@@]12CO[C@@H]1C[C@H](O[Si](Cc1ccccc1)(Cc1ccccc1)Cc1ccccc1)[C@@]1(C)C(=O)[C@H](O)C3=C(C)[C@@H](O)C[C@@](O)(C(OC(=O)c4ccccc4)C12)C3(C)C. The number of esters is 2. The van der Waals surface area contributed by atoms with Crippen LogP contribution in [0.15, 0.2) is 132 Å². The van der Waals surface area contributed by atoms with Crippen LogP contribution < -0.4 is 0 Å². The minimum absolute atomic E-state index is 0.105. The number of hydrogen-bond donors (Lipinski definition) is 3. The average molecular weight is 845 g/mol. The molecule has 2 saturated carbocycles. The second kappa shape index (κ2) is 16.2. The smallest absolute Gasteiger partial charge is 0.338 e. The lowest BCUT2D eigenvalue weighted by atomic mass is 9.44. The molecule has 0 radical (unpaired) electrons. The van der Waals surface area contributed by atoms with Crippen molar-refractivity contribution in [2.75, 3.05) is 6.61 Å². The van der Waals surface area contributed by atoms with Crippen molar-refractivity contribution in [2.45, 2.75) is 107 Å². The van der Waals surface area contributed by atoms with E-state index in [-0.39, 0.29) is 30.6 Å². The van der Waals surface area contributed by atoms with E-state index < -0.39 is 84.5 Å². The molecule has 1 aliphatic heterocycles. The maximum absolute atomic E-state index is 15.9. The molecule has 4 aromatic rings. The summed E-state index contributed by atoms with van der Waals surface area (Å²) in [6.45, 7) is 7.89. The van der Waals surface area contributed by atoms with Gasteiger partial charge < -0.3 is 34.0 Å². The molecular weight excluding hydrogens is 789 g/mol. The minimum atomic E-state index is -3.22. The molecule has 3 aliphatic carbocycles. The molecule has 1 saturated heterocycles. The average Bonchev–Trinajstić information content (AvgIpc) is 3.23. The monoisotopic (exact) mass is 844 g/mol. The van der Waals surface area contributed by atoms with Crippen molar-refractivity contribution in [1.82, 2.24) is 0 Å². The predicted octanol–water partition coefficient (Wildman–Crippen LogP) is 6.40. The molecule has 11 heteroatoms. The fourth-order valence-corrected chi connectivity index (χ4v) is 15.8. The number of fused-ring (bicyclic) bond motifs is 5. The molecule has 320 valence electrons. The van der Waals surface area contributed by atoms with E-state index in [2.05, 4.69) is 36.4 Å². The van der Waals surface area contributed by atoms with Gasteiger partial charge in [-0.15, -0.1) is 0 Å². The van der Waals surface area contributed by atoms with Crippen molar-refractivity contribution in [1.29, 1.82) is 0 Å². The summed E-state index contributed by atoms with van der Waals surface area (Å²) in [7, 11) is -3.22. The lowest BCUT2D eigenvalue weighted by Crippen LogP contribution is -2.82. The number of aliphatic hydroxyl groups is 3. The number of carbonyl (C=O) groups excluding carboxylic acids is 3. The zero-order valence-electron chi connectivity index (χ0n) is 35.5. The summed E-state index contributed by atoms with van der Waals surface area (Å²) in [5.74, 6) is -3.37. The highest BCUT2D eigenvalue weighted by Gasteiger charge is 2.78. The molecular formula is C50H56O10Si. The molecule has 4 aliphatic rings. The highest BCUT2D eigenvalue weighted by molar-refractivity contribution is 6.72. The fraction of sp³-hybridized carbons (Fsp3) is 0.420. The number of ether oxygens (including phenoxy) is 3. The molecule has 0 amide bonds. The van der Waals surface area contributed by atoms with E-state index >= 15 is 4.79 Å². The van der Waals surface area contributed by atoms with Gasteiger partial charge in [0.1, 0.15) is 23.9 Å². The Balaban J connectivity index is 1.38. The van der Waals surface area contributed by atoms with Gasteiger partial charge in [-0.25, -0.2) is 4.79 Å². The molecule has 61 heavy (non-hydrogen) atoms. The highest BCUT2D eigenvalue weighted by atomic mass is 28.4. The number of ketones is 1. The molecule has 9 atom stereocenters. The number of rotatable bonds is 11. The van der Waals surface area contributed by atoms with Crippen LogP contribution in [-0.2, 0) is 46.4 Å². The quantitative estimate of drug-likeness (QED) is 0.0881. The summed E-state index contributed by atoms with van der Waals surface area (Å²) in [4.78, 5) is 43.7. The first-order chi connectivity index (χ1) is 29.0. The molecule has 10 nitrogen and oxygen atoms in total. The van der Waals surface area contributed by atoms with E-state index in [4.69, 9.17) is 18.6 Å². The third kappa shape index (κ3) is 7.32. The van der Waals surface area contributed by atoms with Crippen LogP contribution in [0.1, 0.15) is 74.5 Å². The summed E-state index contributed by atoms with van der Waals surface area (Å²) < 4.78 is 27.2. The van der Waals surface area contributed by atoms with Crippen LogP contribution in [0.2, 0.25) is 0 Å². The largest absolute Gasteiger partial charge is 0.455 e. The van der Waals surface area contributed by atoms with E-state index in [1.165, 1.54) is 6.92 Å². The lowest BCUT2D eigenvalue weighted by molar-refractivity contribution is -0.344. The van der Waals surface area contributed by atoms with Gasteiger partial charge >= 0.3 is 11.9 Å². The van der Waals surface area contributed by atoms with Gasteiger partial charge in [-0.2, -0.15) is 0 Å². The van der Waals surface area contributed by atoms with E-state index in [1.807, 2.05) is 54.6 Å². The van der Waals surface area contributed by atoms with Crippen LogP contribution in [0.3, 0.4) is 0 Å². The molecule has 0 aromatic heterocycles. The van der Waals surface area contributed by atoms with Gasteiger partial charge in [0.15, 0.2) is 11.4 Å². The molecule has 2 unspecified atom stereocenters. The number of Topliss-reactive ketones (excluding diaryl/α,β-unsaturated/α-hetero) is 1. The Morgan fingerprint density at radius 3 is 1.74 bits per heavy atom. The zero-order valence-corrected chi connectivity index (χ0v) is 36.5. The van der Waals surface area contributed by atoms with Crippen LogP contribution >= 0.6 is 0 Å². The highest BCUT2D eigenvalue weighted by Crippen LogP contribution is 2.64. The van der Waals surface area contributed by atoms with Crippen molar-refractivity contribution >= 4 is 26.0 Å². The minimum Gasteiger partial charge on any atom is -0.455 e. The van der Waals surface area contributed by atoms with Gasteiger partial charge in [0.25, 0.3) is 0 Å². The second-order valence-corrected chi connectivity index (χ2v) is 22.1. The Morgan fingerprint density at radius 1 is 0.787 bits per heavy atom. The molecule has 0 spiro atoms. The van der Waals surface area contributed by atoms with Gasteiger partial charge in [0.05, 0.1) is 35.7 Å². The van der Waals surface area contributed by atoms with E-state index in [0.717, 1.165) is 16.7 Å². The van der Waals surface area contributed by atoms with Crippen molar-refractivity contribution in [2.24, 2.45) is 16.7 Å². The molecule has 8 rings (SSSR count). The van der Waals surface area contributed by atoms with Crippen LogP contribution in [0.5, 0.6) is 0 Å². The Hall–Kier alpha value is -4.75. The number of carbonyl (C=O) groups is 3. The van der Waals surface area contributed by atoms with Crippen LogP contribution in [-0.4, -0.2) is 89.7 Å². The topological polar surface area (TPSA) is 149 Å². The Bertz CT molecular complexity index is 2180. The first-order valence-corrected chi connectivity index (χ1v) is 23.8. The lowest BCUT2D eigenvalue weighted by Gasteiger charge is -2.68. The van der Waals surface area contributed by atoms with Gasteiger partial charge in [0.2, 0.25) is 8.32 Å². The van der Waals surface area contributed by atoms with Crippen molar-refractivity contribution in [3.05, 3.63) is 155 Å². The van der Waals surface area contributed by atoms with Crippen molar-refractivity contribution in [3.8, 4) is 0 Å². The van der Waals surface area contributed by atoms with Gasteiger partial charge in [0, 0.05) is 25.2 Å².